The molecule has 4 nitrogen and oxygen atoms in total. The molecule has 0 aliphatic rings. The first-order valence-electron chi connectivity index (χ1n) is 13.8. The third-order valence-corrected chi connectivity index (χ3v) is 8.15. The Morgan fingerprint density at radius 2 is 1.19 bits per heavy atom. The van der Waals surface area contributed by atoms with Crippen molar-refractivity contribution >= 4 is 49.3 Å². The van der Waals surface area contributed by atoms with Gasteiger partial charge in [-0.05, 0) is 83.2 Å². The first-order chi connectivity index (χ1) is 20.7. The molecule has 0 unspecified atom stereocenters. The summed E-state index contributed by atoms with van der Waals surface area (Å²) in [7, 11) is 0. The zero-order chi connectivity index (χ0) is 28.2. The molecule has 2 aromatic heterocycles. The van der Waals surface area contributed by atoms with Crippen molar-refractivity contribution < 1.29 is 0 Å². The summed E-state index contributed by atoms with van der Waals surface area (Å²) in [4.78, 5) is 3.74. The van der Waals surface area contributed by atoms with Gasteiger partial charge in [0.1, 0.15) is 0 Å². The van der Waals surface area contributed by atoms with Crippen LogP contribution in [0, 0.1) is 17.9 Å². The molecular weight excluding hydrogens is 512 g/mol. The second-order valence-electron chi connectivity index (χ2n) is 10.4. The van der Waals surface area contributed by atoms with Gasteiger partial charge < -0.3 is 9.13 Å². The highest BCUT2D eigenvalue weighted by Crippen LogP contribution is 2.41. The van der Waals surface area contributed by atoms with Gasteiger partial charge in [0.25, 0.3) is 0 Å². The van der Waals surface area contributed by atoms with Crippen LogP contribution < -0.4 is 0 Å². The van der Waals surface area contributed by atoms with E-state index in [0.29, 0.717) is 11.3 Å². The molecule has 8 rings (SSSR count). The lowest BCUT2D eigenvalue weighted by Crippen LogP contribution is -1.95. The number of rotatable bonds is 3. The van der Waals surface area contributed by atoms with E-state index >= 15 is 0 Å². The Hall–Kier alpha value is -6.10. The van der Waals surface area contributed by atoms with Gasteiger partial charge in [-0.15, -0.1) is 0 Å². The minimum absolute atomic E-state index is 0.607. The van der Waals surface area contributed by atoms with Gasteiger partial charge in [-0.3, -0.25) is 0 Å². The molecular formula is C38H22N4. The Kier molecular flexibility index (Phi) is 5.22. The van der Waals surface area contributed by atoms with Gasteiger partial charge in [0, 0.05) is 27.5 Å². The van der Waals surface area contributed by atoms with E-state index in [9.17, 15) is 5.26 Å². The molecule has 0 fully saturated rings. The van der Waals surface area contributed by atoms with E-state index < -0.39 is 0 Å². The summed E-state index contributed by atoms with van der Waals surface area (Å²) in [5, 5.41) is 13.9. The summed E-state index contributed by atoms with van der Waals surface area (Å²) in [5.41, 5.74) is 9.93. The fourth-order valence-corrected chi connectivity index (χ4v) is 6.35. The second kappa shape index (κ2) is 9.24. The summed E-state index contributed by atoms with van der Waals surface area (Å²) in [6, 6.07) is 48.0. The Morgan fingerprint density at radius 3 is 1.90 bits per heavy atom. The molecule has 8 aromatic rings. The highest BCUT2D eigenvalue weighted by molar-refractivity contribution is 6.16. The molecule has 194 valence electrons. The van der Waals surface area contributed by atoms with Gasteiger partial charge in [-0.2, -0.15) is 5.26 Å². The number of nitriles is 1. The van der Waals surface area contributed by atoms with E-state index in [0.717, 1.165) is 44.3 Å². The van der Waals surface area contributed by atoms with Gasteiger partial charge in [0.05, 0.1) is 40.3 Å². The minimum atomic E-state index is 0.607. The van der Waals surface area contributed by atoms with Gasteiger partial charge in [0.2, 0.25) is 0 Å². The zero-order valence-electron chi connectivity index (χ0n) is 22.5. The highest BCUT2D eigenvalue weighted by Gasteiger charge is 2.18. The van der Waals surface area contributed by atoms with Gasteiger partial charge in [-0.25, -0.2) is 4.85 Å². The molecule has 0 saturated heterocycles. The number of fused-ring (bicyclic) bond motifs is 6. The average Bonchev–Trinajstić information content (AvgIpc) is 3.57. The van der Waals surface area contributed by atoms with Crippen molar-refractivity contribution in [1.29, 1.82) is 5.26 Å². The quantitative estimate of drug-likeness (QED) is 0.208. The second-order valence-corrected chi connectivity index (χ2v) is 10.4. The van der Waals surface area contributed by atoms with Crippen LogP contribution in [0.2, 0.25) is 0 Å². The molecule has 0 spiro atoms. The number of hydrogen-bond donors (Lipinski definition) is 0. The van der Waals surface area contributed by atoms with Crippen molar-refractivity contribution in [2.24, 2.45) is 0 Å². The summed E-state index contributed by atoms with van der Waals surface area (Å²) in [6.45, 7) is 7.69. The first kappa shape index (κ1) is 23.8. The molecule has 6 aromatic carbocycles. The lowest BCUT2D eigenvalue weighted by atomic mass is 9.98. The van der Waals surface area contributed by atoms with Crippen molar-refractivity contribution in [3.05, 3.63) is 150 Å². The van der Waals surface area contributed by atoms with Crippen LogP contribution in [0.3, 0.4) is 0 Å². The van der Waals surface area contributed by atoms with Crippen LogP contribution >= 0.6 is 0 Å². The third-order valence-electron chi connectivity index (χ3n) is 8.15. The van der Waals surface area contributed by atoms with Gasteiger partial charge in [-0.1, -0.05) is 66.7 Å². The monoisotopic (exact) mass is 534 g/mol. The van der Waals surface area contributed by atoms with Crippen molar-refractivity contribution in [2.45, 2.75) is 0 Å². The van der Waals surface area contributed by atoms with Crippen LogP contribution in [0.25, 0.3) is 71.0 Å². The number of nitrogens with zero attached hydrogens (tertiary/aromatic N) is 4. The molecule has 0 N–H and O–H groups in total. The molecule has 2 heterocycles. The van der Waals surface area contributed by atoms with Gasteiger partial charge >= 0.3 is 0 Å². The SMILES string of the molecule is [C-]#[N+]c1ccc2c(c1)c1c(-c3cccc(-n4c5ccccc5c5ccccc54)c3)cccc1n2-c1ccc(C#N)cc1. The Bertz CT molecular complexity index is 2370. The standard InChI is InChI=1S/C38H22N4/c1-40-27-18-21-36-33(23-27)38-30(12-7-15-37(38)41(36)28-19-16-25(24-39)17-20-28)26-8-6-9-29(22-26)42-34-13-4-2-10-31(34)32-11-3-5-14-35(32)42/h2-23H. The van der Waals surface area contributed by atoms with E-state index in [4.69, 9.17) is 6.57 Å². The number of hydrogen-bond acceptors (Lipinski definition) is 1. The van der Waals surface area contributed by atoms with E-state index in [1.807, 2.05) is 42.5 Å². The summed E-state index contributed by atoms with van der Waals surface area (Å²) in [5.74, 6) is 0. The van der Waals surface area contributed by atoms with E-state index in [2.05, 4.69) is 111 Å². The molecule has 0 atom stereocenters. The number of aromatic nitrogens is 2. The van der Waals surface area contributed by atoms with Crippen molar-refractivity contribution in [3.63, 3.8) is 0 Å². The fraction of sp³-hybridized carbons (Fsp3) is 0. The smallest absolute Gasteiger partial charge is 0.188 e. The highest BCUT2D eigenvalue weighted by atomic mass is 15.0. The molecule has 42 heavy (non-hydrogen) atoms. The number of para-hydroxylation sites is 2. The maximum atomic E-state index is 9.34. The average molecular weight is 535 g/mol. The lowest BCUT2D eigenvalue weighted by molar-refractivity contribution is 1.18. The first-order valence-corrected chi connectivity index (χ1v) is 13.8. The third kappa shape index (κ3) is 3.47. The predicted octanol–water partition coefficient (Wildman–Crippen LogP) is 9.97. The predicted molar refractivity (Wildman–Crippen MR) is 172 cm³/mol. The largest absolute Gasteiger partial charge is 0.309 e. The molecule has 0 aliphatic heterocycles. The molecule has 0 amide bonds. The minimum Gasteiger partial charge on any atom is -0.309 e. The zero-order valence-corrected chi connectivity index (χ0v) is 22.5. The summed E-state index contributed by atoms with van der Waals surface area (Å²) >= 11 is 0. The topological polar surface area (TPSA) is 38.0 Å². The molecule has 4 heteroatoms. The summed E-state index contributed by atoms with van der Waals surface area (Å²) in [6.07, 6.45) is 0. The lowest BCUT2D eigenvalue weighted by Gasteiger charge is -2.12. The molecule has 0 radical (unpaired) electrons. The van der Waals surface area contributed by atoms with Crippen LogP contribution in [-0.4, -0.2) is 9.13 Å². The Morgan fingerprint density at radius 1 is 0.548 bits per heavy atom. The fourth-order valence-electron chi connectivity index (χ4n) is 6.35. The van der Waals surface area contributed by atoms with E-state index in [-0.39, 0.29) is 0 Å². The van der Waals surface area contributed by atoms with Crippen LogP contribution in [0.4, 0.5) is 5.69 Å². The Balaban J connectivity index is 1.41. The van der Waals surface area contributed by atoms with Crippen molar-refractivity contribution in [3.8, 4) is 28.6 Å². The Labute approximate surface area is 242 Å². The van der Waals surface area contributed by atoms with E-state index in [1.165, 1.54) is 21.8 Å². The molecule has 0 saturated carbocycles. The van der Waals surface area contributed by atoms with Crippen molar-refractivity contribution in [1.82, 2.24) is 9.13 Å². The molecule has 0 aliphatic carbocycles. The van der Waals surface area contributed by atoms with Crippen LogP contribution in [0.1, 0.15) is 5.56 Å². The number of benzene rings is 6. The van der Waals surface area contributed by atoms with Crippen molar-refractivity contribution in [2.75, 3.05) is 0 Å². The van der Waals surface area contributed by atoms with Crippen LogP contribution in [-0.2, 0) is 0 Å². The van der Waals surface area contributed by atoms with Crippen LogP contribution in [0.15, 0.2) is 133 Å². The summed E-state index contributed by atoms with van der Waals surface area (Å²) < 4.78 is 4.56. The van der Waals surface area contributed by atoms with E-state index in [1.54, 1.807) is 0 Å². The normalized spacial score (nSPS) is 11.3. The van der Waals surface area contributed by atoms with Gasteiger partial charge in [0.15, 0.2) is 5.69 Å². The maximum Gasteiger partial charge on any atom is 0.188 e. The maximum absolute atomic E-state index is 9.34. The molecule has 0 bridgehead atoms. The van der Waals surface area contributed by atoms with Crippen LogP contribution in [0.5, 0.6) is 0 Å².